The van der Waals surface area contributed by atoms with E-state index < -0.39 is 30.0 Å². The second kappa shape index (κ2) is 11.4. The molecule has 0 fully saturated rings. The lowest BCUT2D eigenvalue weighted by Crippen LogP contribution is -2.46. The standard InChI is InChI=1S/C15H27N3O7/c1-10(2)7-8-11(19)13(21)18(24)14(22)16-9-5-6-12(20)17(3)15(23)25-4/h10-11,19,24H,5-9H2,1-4H3,(H,16,22)/t11-/m0/s1. The summed E-state index contributed by atoms with van der Waals surface area (Å²) < 4.78 is 4.39. The third-order valence-corrected chi connectivity index (χ3v) is 3.37. The molecule has 0 aromatic heterocycles. The fraction of sp³-hybridized carbons (Fsp3) is 0.733. The molecule has 3 N–H and O–H groups in total. The van der Waals surface area contributed by atoms with Gasteiger partial charge in [0, 0.05) is 20.0 Å². The lowest BCUT2D eigenvalue weighted by molar-refractivity contribution is -0.162. The molecule has 0 aliphatic carbocycles. The number of nitrogens with zero attached hydrogens (tertiary/aromatic N) is 2. The zero-order valence-corrected chi connectivity index (χ0v) is 15.0. The number of imide groups is 2. The largest absolute Gasteiger partial charge is 0.452 e. The number of urea groups is 1. The first-order valence-corrected chi connectivity index (χ1v) is 7.95. The number of carbonyl (C=O) groups is 4. The zero-order chi connectivity index (χ0) is 19.6. The summed E-state index contributed by atoms with van der Waals surface area (Å²) in [6.07, 6.45) is -1.41. The molecule has 0 rings (SSSR count). The van der Waals surface area contributed by atoms with Crippen LogP contribution in [0.15, 0.2) is 0 Å². The monoisotopic (exact) mass is 361 g/mol. The normalized spacial score (nSPS) is 11.6. The molecule has 0 aliphatic heterocycles. The van der Waals surface area contributed by atoms with Crippen LogP contribution in [0.1, 0.15) is 39.5 Å². The molecule has 1 atom stereocenters. The molecule has 0 aromatic carbocycles. The third-order valence-electron chi connectivity index (χ3n) is 3.37. The lowest BCUT2D eigenvalue weighted by Gasteiger charge is -2.18. The molecular weight excluding hydrogens is 334 g/mol. The molecule has 5 amide bonds. The molecular formula is C15H27N3O7. The summed E-state index contributed by atoms with van der Waals surface area (Å²) in [5.74, 6) is -1.34. The fourth-order valence-electron chi connectivity index (χ4n) is 1.77. The highest BCUT2D eigenvalue weighted by molar-refractivity contribution is 5.95. The Bertz CT molecular complexity index is 482. The van der Waals surface area contributed by atoms with Crippen molar-refractivity contribution >= 4 is 23.9 Å². The van der Waals surface area contributed by atoms with Crippen LogP contribution in [0.4, 0.5) is 9.59 Å². The van der Waals surface area contributed by atoms with Gasteiger partial charge < -0.3 is 15.2 Å². The highest BCUT2D eigenvalue weighted by Gasteiger charge is 2.26. The second-order valence-corrected chi connectivity index (χ2v) is 5.90. The summed E-state index contributed by atoms with van der Waals surface area (Å²) >= 11 is 0. The number of hydroxylamine groups is 2. The quantitative estimate of drug-likeness (QED) is 0.329. The Morgan fingerprint density at radius 3 is 2.28 bits per heavy atom. The molecule has 0 aromatic rings. The summed E-state index contributed by atoms with van der Waals surface area (Å²) in [6.45, 7) is 3.82. The Balaban J connectivity index is 4.18. The Kier molecular flexibility index (Phi) is 10.4. The summed E-state index contributed by atoms with van der Waals surface area (Å²) in [5.41, 5.74) is 0. The number of ether oxygens (including phenoxy) is 1. The van der Waals surface area contributed by atoms with E-state index in [-0.39, 0.29) is 36.8 Å². The van der Waals surface area contributed by atoms with E-state index in [4.69, 9.17) is 0 Å². The molecule has 0 bridgehead atoms. The smallest absolute Gasteiger partial charge is 0.415 e. The van der Waals surface area contributed by atoms with Gasteiger partial charge in [-0.1, -0.05) is 13.8 Å². The molecule has 10 nitrogen and oxygen atoms in total. The molecule has 0 saturated carbocycles. The van der Waals surface area contributed by atoms with Gasteiger partial charge in [0.05, 0.1) is 7.11 Å². The minimum atomic E-state index is -1.46. The number of amides is 5. The van der Waals surface area contributed by atoms with Gasteiger partial charge in [0.25, 0.3) is 5.91 Å². The third kappa shape index (κ3) is 8.45. The molecule has 0 spiro atoms. The average molecular weight is 361 g/mol. The van der Waals surface area contributed by atoms with Crippen molar-refractivity contribution in [3.05, 3.63) is 0 Å². The van der Waals surface area contributed by atoms with Crippen molar-refractivity contribution in [1.29, 1.82) is 0 Å². The molecule has 25 heavy (non-hydrogen) atoms. The minimum absolute atomic E-state index is 0.00792. The van der Waals surface area contributed by atoms with Crippen molar-refractivity contribution in [2.24, 2.45) is 5.92 Å². The van der Waals surface area contributed by atoms with E-state index in [0.717, 1.165) is 12.0 Å². The molecule has 144 valence electrons. The number of methoxy groups -OCH3 is 1. The van der Waals surface area contributed by atoms with Gasteiger partial charge in [0.15, 0.2) is 0 Å². The second-order valence-electron chi connectivity index (χ2n) is 5.90. The van der Waals surface area contributed by atoms with Crippen LogP contribution < -0.4 is 5.32 Å². The van der Waals surface area contributed by atoms with Crippen molar-refractivity contribution < 1.29 is 34.2 Å². The van der Waals surface area contributed by atoms with Crippen LogP contribution in [0, 0.1) is 5.92 Å². The van der Waals surface area contributed by atoms with E-state index in [2.05, 4.69) is 10.1 Å². The Hall–Kier alpha value is -2.20. The van der Waals surface area contributed by atoms with E-state index in [9.17, 15) is 29.5 Å². The minimum Gasteiger partial charge on any atom is -0.452 e. The highest BCUT2D eigenvalue weighted by atomic mass is 16.5. The number of nitrogens with one attached hydrogen (secondary N) is 1. The van der Waals surface area contributed by atoms with Gasteiger partial charge in [-0.25, -0.2) is 9.59 Å². The molecule has 10 heteroatoms. The van der Waals surface area contributed by atoms with E-state index >= 15 is 0 Å². The van der Waals surface area contributed by atoms with E-state index in [1.54, 1.807) is 0 Å². The fourth-order valence-corrected chi connectivity index (χ4v) is 1.77. The maximum absolute atomic E-state index is 11.7. The Morgan fingerprint density at radius 2 is 1.76 bits per heavy atom. The zero-order valence-electron chi connectivity index (χ0n) is 15.0. The molecule has 0 aliphatic rings. The van der Waals surface area contributed by atoms with Crippen molar-refractivity contribution in [3.63, 3.8) is 0 Å². The van der Waals surface area contributed by atoms with Crippen LogP contribution in [0.2, 0.25) is 0 Å². The SMILES string of the molecule is COC(=O)N(C)C(=O)CCCNC(=O)N(O)C(=O)[C@@H](O)CCC(C)C. The van der Waals surface area contributed by atoms with Gasteiger partial charge in [0.2, 0.25) is 5.91 Å². The summed E-state index contributed by atoms with van der Waals surface area (Å²) in [5, 5.41) is 21.2. The summed E-state index contributed by atoms with van der Waals surface area (Å²) in [6, 6.07) is -1.10. The highest BCUT2D eigenvalue weighted by Crippen LogP contribution is 2.08. The maximum Gasteiger partial charge on any atom is 0.415 e. The first-order chi connectivity index (χ1) is 11.6. The predicted molar refractivity (Wildman–Crippen MR) is 86.5 cm³/mol. The molecule has 0 saturated heterocycles. The van der Waals surface area contributed by atoms with Crippen molar-refractivity contribution in [2.75, 3.05) is 20.7 Å². The average Bonchev–Trinajstić information content (AvgIpc) is 2.59. The number of carbonyl (C=O) groups excluding carboxylic acids is 4. The van der Waals surface area contributed by atoms with Crippen LogP contribution in [-0.4, -0.2) is 71.0 Å². The van der Waals surface area contributed by atoms with Crippen LogP contribution in [0.3, 0.4) is 0 Å². The number of hydrogen-bond acceptors (Lipinski definition) is 7. The van der Waals surface area contributed by atoms with Crippen molar-refractivity contribution in [3.8, 4) is 0 Å². The Labute approximate surface area is 146 Å². The van der Waals surface area contributed by atoms with E-state index in [1.807, 2.05) is 13.8 Å². The van der Waals surface area contributed by atoms with Crippen molar-refractivity contribution in [1.82, 2.24) is 15.3 Å². The van der Waals surface area contributed by atoms with Crippen LogP contribution in [0.5, 0.6) is 0 Å². The predicted octanol–water partition coefficient (Wildman–Crippen LogP) is 0.716. The summed E-state index contributed by atoms with van der Waals surface area (Å²) in [7, 11) is 2.41. The van der Waals surface area contributed by atoms with E-state index in [0.29, 0.717) is 6.42 Å². The van der Waals surface area contributed by atoms with Gasteiger partial charge in [-0.3, -0.25) is 19.7 Å². The van der Waals surface area contributed by atoms with Crippen molar-refractivity contribution in [2.45, 2.75) is 45.6 Å². The lowest BCUT2D eigenvalue weighted by atomic mass is 10.0. The number of aliphatic hydroxyl groups is 1. The van der Waals surface area contributed by atoms with Gasteiger partial charge >= 0.3 is 12.1 Å². The van der Waals surface area contributed by atoms with Crippen LogP contribution in [0.25, 0.3) is 0 Å². The number of hydrogen-bond donors (Lipinski definition) is 3. The molecule has 0 heterocycles. The van der Waals surface area contributed by atoms with E-state index in [1.165, 1.54) is 7.05 Å². The van der Waals surface area contributed by atoms with Gasteiger partial charge in [-0.15, -0.1) is 5.06 Å². The van der Waals surface area contributed by atoms with Crippen LogP contribution in [-0.2, 0) is 14.3 Å². The number of rotatable bonds is 8. The Morgan fingerprint density at radius 1 is 1.16 bits per heavy atom. The first kappa shape index (κ1) is 22.8. The topological polar surface area (TPSA) is 136 Å². The van der Waals surface area contributed by atoms with Gasteiger partial charge in [0.1, 0.15) is 6.10 Å². The number of aliphatic hydroxyl groups excluding tert-OH is 1. The molecule has 0 radical (unpaired) electrons. The summed E-state index contributed by atoms with van der Waals surface area (Å²) in [4.78, 5) is 46.9. The van der Waals surface area contributed by atoms with Gasteiger partial charge in [-0.2, -0.15) is 0 Å². The van der Waals surface area contributed by atoms with Crippen LogP contribution >= 0.6 is 0 Å². The first-order valence-electron chi connectivity index (χ1n) is 7.95. The molecule has 0 unspecified atom stereocenters. The maximum atomic E-state index is 11.7. The van der Waals surface area contributed by atoms with Gasteiger partial charge in [-0.05, 0) is 25.2 Å².